The van der Waals surface area contributed by atoms with Crippen molar-refractivity contribution < 1.29 is 31.9 Å². The summed E-state index contributed by atoms with van der Waals surface area (Å²) in [7, 11) is 1.60. The second-order valence-electron chi connectivity index (χ2n) is 9.12. The molecule has 1 aromatic carbocycles. The largest absolute Gasteiger partial charge is 0.459 e. The number of amides is 1. The van der Waals surface area contributed by atoms with Crippen LogP contribution < -0.4 is 4.90 Å². The molecule has 0 aliphatic carbocycles. The van der Waals surface area contributed by atoms with E-state index in [2.05, 4.69) is 0 Å². The molecule has 3 heterocycles. The standard InChI is InChI=1S/C25H28F3N3O4/c1-33-11-12-34-16-19-15-31(23(32)22-3-2-10-35-22)17-24(19)6-8-30(9-7-24)20-5-4-18(14-29)21(13-20)25(26,27)28/h2-5,10,13,19H,6-9,11-12,15-17H2,1H3. The molecule has 4 rings (SSSR count). The fourth-order valence-corrected chi connectivity index (χ4v) is 5.18. The minimum atomic E-state index is -4.60. The Labute approximate surface area is 202 Å². The zero-order chi connectivity index (χ0) is 25.1. The van der Waals surface area contributed by atoms with Gasteiger partial charge >= 0.3 is 6.18 Å². The van der Waals surface area contributed by atoms with Crippen LogP contribution in [-0.4, -0.2) is 63.9 Å². The number of anilines is 1. The van der Waals surface area contributed by atoms with Crippen LogP contribution in [0.15, 0.2) is 41.0 Å². The molecule has 2 saturated heterocycles. The first-order chi connectivity index (χ1) is 16.8. The van der Waals surface area contributed by atoms with Crippen molar-refractivity contribution in [1.29, 1.82) is 5.26 Å². The third-order valence-corrected chi connectivity index (χ3v) is 7.14. The summed E-state index contributed by atoms with van der Waals surface area (Å²) in [5.74, 6) is 0.209. The van der Waals surface area contributed by atoms with Crippen LogP contribution in [0, 0.1) is 22.7 Å². The molecule has 0 bridgehead atoms. The summed E-state index contributed by atoms with van der Waals surface area (Å²) < 4.78 is 56.5. The molecule has 1 atom stereocenters. The summed E-state index contributed by atoms with van der Waals surface area (Å²) in [6, 6.07) is 8.80. The molecule has 1 amide bonds. The minimum absolute atomic E-state index is 0.0899. The molecule has 1 spiro atoms. The first-order valence-electron chi connectivity index (χ1n) is 11.5. The average molecular weight is 492 g/mol. The molecule has 0 radical (unpaired) electrons. The van der Waals surface area contributed by atoms with Crippen molar-refractivity contribution in [2.75, 3.05) is 58.0 Å². The van der Waals surface area contributed by atoms with Crippen molar-refractivity contribution in [2.45, 2.75) is 19.0 Å². The molecule has 0 saturated carbocycles. The van der Waals surface area contributed by atoms with Gasteiger partial charge in [-0.2, -0.15) is 18.4 Å². The number of halogens is 3. The molecule has 10 heteroatoms. The molecule has 7 nitrogen and oxygen atoms in total. The third-order valence-electron chi connectivity index (χ3n) is 7.14. The highest BCUT2D eigenvalue weighted by atomic mass is 19.4. The molecule has 2 fully saturated rings. The van der Waals surface area contributed by atoms with Gasteiger partial charge in [-0.3, -0.25) is 4.79 Å². The molecular weight excluding hydrogens is 463 g/mol. The first kappa shape index (κ1) is 25.1. The van der Waals surface area contributed by atoms with Gasteiger partial charge in [0.25, 0.3) is 5.91 Å². The van der Waals surface area contributed by atoms with Gasteiger partial charge in [-0.15, -0.1) is 0 Å². The Morgan fingerprint density at radius 1 is 1.26 bits per heavy atom. The molecule has 1 aromatic heterocycles. The second-order valence-corrected chi connectivity index (χ2v) is 9.12. The number of methoxy groups -OCH3 is 1. The van der Waals surface area contributed by atoms with E-state index in [1.165, 1.54) is 12.3 Å². The van der Waals surface area contributed by atoms with E-state index in [9.17, 15) is 18.0 Å². The molecule has 1 unspecified atom stereocenters. The number of carbonyl (C=O) groups excluding carboxylic acids is 1. The van der Waals surface area contributed by atoms with Gasteiger partial charge in [0.2, 0.25) is 0 Å². The van der Waals surface area contributed by atoms with Gasteiger partial charge in [-0.1, -0.05) is 0 Å². The van der Waals surface area contributed by atoms with Crippen molar-refractivity contribution in [1.82, 2.24) is 4.90 Å². The fourth-order valence-electron chi connectivity index (χ4n) is 5.18. The van der Waals surface area contributed by atoms with Gasteiger partial charge < -0.3 is 23.7 Å². The molecule has 0 N–H and O–H groups in total. The van der Waals surface area contributed by atoms with Crippen molar-refractivity contribution in [3.63, 3.8) is 0 Å². The number of hydrogen-bond acceptors (Lipinski definition) is 6. The van der Waals surface area contributed by atoms with Gasteiger partial charge in [0, 0.05) is 44.9 Å². The number of ether oxygens (including phenoxy) is 2. The molecule has 2 aromatic rings. The number of carbonyl (C=O) groups is 1. The lowest BCUT2D eigenvalue weighted by atomic mass is 9.71. The van der Waals surface area contributed by atoms with Gasteiger partial charge in [0.1, 0.15) is 0 Å². The van der Waals surface area contributed by atoms with Gasteiger partial charge in [0.05, 0.1) is 43.3 Å². The highest BCUT2D eigenvalue weighted by Gasteiger charge is 2.49. The number of alkyl halides is 3. The van der Waals surface area contributed by atoms with Gasteiger partial charge in [-0.25, -0.2) is 0 Å². The Morgan fingerprint density at radius 3 is 2.66 bits per heavy atom. The summed E-state index contributed by atoms with van der Waals surface area (Å²) >= 11 is 0. The van der Waals surface area contributed by atoms with Crippen molar-refractivity contribution >= 4 is 11.6 Å². The number of piperidine rings is 1. The quantitative estimate of drug-likeness (QED) is 0.541. The lowest BCUT2D eigenvalue weighted by Crippen LogP contribution is -2.45. The predicted octanol–water partition coefficient (Wildman–Crippen LogP) is 4.19. The highest BCUT2D eigenvalue weighted by Crippen LogP contribution is 2.46. The summed E-state index contributed by atoms with van der Waals surface area (Å²) in [5, 5.41) is 9.07. The van der Waals surface area contributed by atoms with Crippen molar-refractivity contribution in [3.8, 4) is 6.07 Å². The lowest BCUT2D eigenvalue weighted by Gasteiger charge is -2.43. The lowest BCUT2D eigenvalue weighted by molar-refractivity contribution is -0.137. The summed E-state index contributed by atoms with van der Waals surface area (Å²) in [5.41, 5.74) is -1.06. The molecular formula is C25H28F3N3O4. The summed E-state index contributed by atoms with van der Waals surface area (Å²) in [6.45, 7) is 3.55. The maximum absolute atomic E-state index is 13.4. The number of likely N-dealkylation sites (tertiary alicyclic amines) is 1. The van der Waals surface area contributed by atoms with Gasteiger partial charge in [-0.05, 0) is 48.6 Å². The van der Waals surface area contributed by atoms with Crippen LogP contribution in [0.25, 0.3) is 0 Å². The Morgan fingerprint density at radius 2 is 2.03 bits per heavy atom. The predicted molar refractivity (Wildman–Crippen MR) is 121 cm³/mol. The van der Waals surface area contributed by atoms with E-state index in [1.54, 1.807) is 36.3 Å². The Kier molecular flexibility index (Phi) is 7.38. The number of nitrogens with zero attached hydrogens (tertiary/aromatic N) is 3. The zero-order valence-electron chi connectivity index (χ0n) is 19.5. The third kappa shape index (κ3) is 5.31. The molecule has 35 heavy (non-hydrogen) atoms. The van der Waals surface area contributed by atoms with Gasteiger partial charge in [0.15, 0.2) is 5.76 Å². The number of nitriles is 1. The SMILES string of the molecule is COCCOCC1CN(C(=O)c2ccco2)CC12CCN(c1ccc(C#N)c(C(F)(F)F)c1)CC2. The van der Waals surface area contributed by atoms with Crippen molar-refractivity contribution in [3.05, 3.63) is 53.5 Å². The molecule has 2 aliphatic heterocycles. The average Bonchev–Trinajstić information content (AvgIpc) is 3.50. The summed E-state index contributed by atoms with van der Waals surface area (Å²) in [4.78, 5) is 16.7. The normalized spacial score (nSPS) is 19.8. The van der Waals surface area contributed by atoms with Crippen LogP contribution in [0.5, 0.6) is 0 Å². The van der Waals surface area contributed by atoms with E-state index in [4.69, 9.17) is 19.2 Å². The molecule has 2 aliphatic rings. The number of rotatable bonds is 7. The van der Waals surface area contributed by atoms with Crippen LogP contribution in [-0.2, 0) is 15.7 Å². The number of benzene rings is 1. The number of furan rings is 1. The van der Waals surface area contributed by atoms with E-state index >= 15 is 0 Å². The monoisotopic (exact) mass is 491 g/mol. The Balaban J connectivity index is 1.50. The first-order valence-corrected chi connectivity index (χ1v) is 11.5. The topological polar surface area (TPSA) is 78.9 Å². The minimum Gasteiger partial charge on any atom is -0.459 e. The van der Waals surface area contributed by atoms with Crippen LogP contribution in [0.1, 0.15) is 34.5 Å². The van der Waals surface area contributed by atoms with E-state index in [-0.39, 0.29) is 28.6 Å². The van der Waals surface area contributed by atoms with Crippen LogP contribution in [0.2, 0.25) is 0 Å². The Hall–Kier alpha value is -3.03. The highest BCUT2D eigenvalue weighted by molar-refractivity contribution is 5.91. The van der Waals surface area contributed by atoms with Crippen LogP contribution >= 0.6 is 0 Å². The van der Waals surface area contributed by atoms with E-state index in [1.807, 2.05) is 4.90 Å². The maximum atomic E-state index is 13.4. The maximum Gasteiger partial charge on any atom is 0.417 e. The molecule has 188 valence electrons. The van der Waals surface area contributed by atoms with E-state index in [0.29, 0.717) is 64.5 Å². The number of hydrogen-bond donors (Lipinski definition) is 0. The second kappa shape index (κ2) is 10.3. The Bertz CT molecular complexity index is 1060. The van der Waals surface area contributed by atoms with E-state index < -0.39 is 11.7 Å². The smallest absolute Gasteiger partial charge is 0.417 e. The van der Waals surface area contributed by atoms with E-state index in [0.717, 1.165) is 6.07 Å². The van der Waals surface area contributed by atoms with Crippen LogP contribution in [0.3, 0.4) is 0 Å². The summed E-state index contributed by atoms with van der Waals surface area (Å²) in [6.07, 6.45) is -1.72. The fraction of sp³-hybridized carbons (Fsp3) is 0.520. The zero-order valence-corrected chi connectivity index (χ0v) is 19.5. The van der Waals surface area contributed by atoms with Crippen molar-refractivity contribution in [2.24, 2.45) is 11.3 Å². The van der Waals surface area contributed by atoms with Crippen LogP contribution in [0.4, 0.5) is 18.9 Å².